The Kier molecular flexibility index (Phi) is 12.1. The summed E-state index contributed by atoms with van der Waals surface area (Å²) < 4.78 is 27.9. The Morgan fingerprint density at radius 3 is 1.73 bits per heavy atom. The molecular formula is C17H36O5. The quantitative estimate of drug-likeness (QED) is 0.434. The van der Waals surface area contributed by atoms with Crippen LogP contribution in [0.5, 0.6) is 0 Å². The van der Waals surface area contributed by atoms with Crippen LogP contribution in [0.3, 0.4) is 0 Å². The lowest BCUT2D eigenvalue weighted by Crippen LogP contribution is -2.39. The lowest BCUT2D eigenvalue weighted by molar-refractivity contribution is -0.141. The van der Waals surface area contributed by atoms with Gasteiger partial charge in [0, 0.05) is 13.2 Å². The Hall–Kier alpha value is -0.200. The summed E-state index contributed by atoms with van der Waals surface area (Å²) in [5.41, 5.74) is -0.603. The molecule has 5 nitrogen and oxygen atoms in total. The van der Waals surface area contributed by atoms with Gasteiger partial charge in [-0.05, 0) is 41.0 Å². The Labute approximate surface area is 136 Å². The normalized spacial score (nSPS) is 12.8. The third-order valence-corrected chi connectivity index (χ3v) is 2.91. The molecule has 0 aromatic heterocycles. The van der Waals surface area contributed by atoms with Crippen molar-refractivity contribution in [3.8, 4) is 0 Å². The Balaban J connectivity index is 3.68. The largest absolute Gasteiger partial charge is 0.379 e. The van der Waals surface area contributed by atoms with Gasteiger partial charge in [-0.3, -0.25) is 0 Å². The number of hydrogen-bond acceptors (Lipinski definition) is 5. The average molecular weight is 320 g/mol. The van der Waals surface area contributed by atoms with E-state index in [1.807, 2.05) is 34.6 Å². The van der Waals surface area contributed by atoms with Crippen LogP contribution in [-0.2, 0) is 23.7 Å². The highest BCUT2D eigenvalue weighted by molar-refractivity contribution is 4.73. The van der Waals surface area contributed by atoms with E-state index in [0.717, 1.165) is 19.6 Å². The fourth-order valence-corrected chi connectivity index (χ4v) is 1.63. The predicted molar refractivity (Wildman–Crippen MR) is 88.5 cm³/mol. The molecule has 0 aliphatic rings. The van der Waals surface area contributed by atoms with E-state index >= 15 is 0 Å². The molecule has 0 saturated carbocycles. The maximum atomic E-state index is 5.94. The van der Waals surface area contributed by atoms with Gasteiger partial charge < -0.3 is 23.7 Å². The standard InChI is InChI=1S/C17H36O5/c1-7-9-21-17(5,6)15-22-16(3,4)14-20-13-12-19-11-10-18-8-2/h7-15H2,1-6H3. The highest BCUT2D eigenvalue weighted by Crippen LogP contribution is 2.16. The van der Waals surface area contributed by atoms with Crippen LogP contribution in [-0.4, -0.2) is 64.1 Å². The molecule has 0 aliphatic heterocycles. The van der Waals surface area contributed by atoms with Crippen molar-refractivity contribution in [1.29, 1.82) is 0 Å². The first kappa shape index (κ1) is 21.8. The van der Waals surface area contributed by atoms with Crippen molar-refractivity contribution >= 4 is 0 Å². The van der Waals surface area contributed by atoms with Crippen LogP contribution in [0.1, 0.15) is 48.0 Å². The third kappa shape index (κ3) is 13.5. The lowest BCUT2D eigenvalue weighted by atomic mass is 10.1. The van der Waals surface area contributed by atoms with Gasteiger partial charge in [-0.25, -0.2) is 0 Å². The summed E-state index contributed by atoms with van der Waals surface area (Å²) in [4.78, 5) is 0. The lowest BCUT2D eigenvalue weighted by Gasteiger charge is -2.31. The van der Waals surface area contributed by atoms with E-state index in [2.05, 4.69) is 6.92 Å². The molecule has 0 heterocycles. The van der Waals surface area contributed by atoms with Crippen molar-refractivity contribution in [2.75, 3.05) is 52.9 Å². The van der Waals surface area contributed by atoms with Gasteiger partial charge in [0.05, 0.1) is 50.8 Å². The minimum Gasteiger partial charge on any atom is -0.379 e. The molecule has 0 aromatic rings. The first-order valence-electron chi connectivity index (χ1n) is 8.34. The molecule has 0 rings (SSSR count). The Bertz CT molecular complexity index is 253. The first-order valence-corrected chi connectivity index (χ1v) is 8.34. The maximum Gasteiger partial charge on any atom is 0.0860 e. The molecular weight excluding hydrogens is 284 g/mol. The minimum absolute atomic E-state index is 0.268. The summed E-state index contributed by atoms with van der Waals surface area (Å²) in [7, 11) is 0. The highest BCUT2D eigenvalue weighted by atomic mass is 16.6. The second-order valence-electron chi connectivity index (χ2n) is 6.52. The summed E-state index contributed by atoms with van der Waals surface area (Å²) in [6.07, 6.45) is 1.01. The van der Waals surface area contributed by atoms with Crippen LogP contribution < -0.4 is 0 Å². The fraction of sp³-hybridized carbons (Fsp3) is 1.00. The number of ether oxygens (including phenoxy) is 5. The van der Waals surface area contributed by atoms with Crippen molar-refractivity contribution in [1.82, 2.24) is 0 Å². The summed E-state index contributed by atoms with van der Waals surface area (Å²) in [5, 5.41) is 0. The highest BCUT2D eigenvalue weighted by Gasteiger charge is 2.25. The second-order valence-corrected chi connectivity index (χ2v) is 6.52. The van der Waals surface area contributed by atoms with E-state index in [1.165, 1.54) is 0 Å². The summed E-state index contributed by atoms with van der Waals surface area (Å²) in [6.45, 7) is 17.2. The Morgan fingerprint density at radius 1 is 0.591 bits per heavy atom. The van der Waals surface area contributed by atoms with Crippen LogP contribution >= 0.6 is 0 Å². The van der Waals surface area contributed by atoms with E-state index < -0.39 is 0 Å². The topological polar surface area (TPSA) is 46.2 Å². The summed E-state index contributed by atoms with van der Waals surface area (Å²) in [5.74, 6) is 0. The van der Waals surface area contributed by atoms with Crippen LogP contribution in [0.2, 0.25) is 0 Å². The van der Waals surface area contributed by atoms with Crippen molar-refractivity contribution in [3.63, 3.8) is 0 Å². The van der Waals surface area contributed by atoms with Gasteiger partial charge in [-0.1, -0.05) is 6.92 Å². The van der Waals surface area contributed by atoms with Gasteiger partial charge in [0.15, 0.2) is 0 Å². The van der Waals surface area contributed by atoms with Crippen molar-refractivity contribution < 1.29 is 23.7 Å². The molecule has 0 atom stereocenters. The van der Waals surface area contributed by atoms with Crippen molar-refractivity contribution in [2.24, 2.45) is 0 Å². The second kappa shape index (κ2) is 12.3. The first-order chi connectivity index (χ1) is 10.3. The minimum atomic E-state index is -0.335. The van der Waals surface area contributed by atoms with E-state index in [-0.39, 0.29) is 11.2 Å². The molecule has 0 aliphatic carbocycles. The molecule has 0 unspecified atom stereocenters. The van der Waals surface area contributed by atoms with E-state index in [0.29, 0.717) is 39.6 Å². The van der Waals surface area contributed by atoms with Crippen molar-refractivity contribution in [3.05, 3.63) is 0 Å². The van der Waals surface area contributed by atoms with Crippen LogP contribution in [0.15, 0.2) is 0 Å². The molecule has 134 valence electrons. The number of hydrogen-bond donors (Lipinski definition) is 0. The fourth-order valence-electron chi connectivity index (χ4n) is 1.63. The zero-order valence-electron chi connectivity index (χ0n) is 15.4. The Morgan fingerprint density at radius 2 is 1.14 bits per heavy atom. The SMILES string of the molecule is CCCOC(C)(C)COC(C)(C)COCCOCCOCC. The molecule has 0 fully saturated rings. The van der Waals surface area contributed by atoms with Crippen LogP contribution in [0.4, 0.5) is 0 Å². The summed E-state index contributed by atoms with van der Waals surface area (Å²) >= 11 is 0. The molecule has 0 spiro atoms. The zero-order chi connectivity index (χ0) is 16.9. The molecule has 22 heavy (non-hydrogen) atoms. The smallest absolute Gasteiger partial charge is 0.0860 e. The van der Waals surface area contributed by atoms with E-state index in [4.69, 9.17) is 23.7 Å². The molecule has 0 N–H and O–H groups in total. The van der Waals surface area contributed by atoms with Crippen LogP contribution in [0.25, 0.3) is 0 Å². The molecule has 5 heteroatoms. The molecule has 0 bridgehead atoms. The van der Waals surface area contributed by atoms with Gasteiger partial charge in [-0.15, -0.1) is 0 Å². The average Bonchev–Trinajstić information content (AvgIpc) is 2.46. The zero-order valence-corrected chi connectivity index (χ0v) is 15.4. The van der Waals surface area contributed by atoms with E-state index in [1.54, 1.807) is 0 Å². The van der Waals surface area contributed by atoms with Gasteiger partial charge >= 0.3 is 0 Å². The van der Waals surface area contributed by atoms with Crippen LogP contribution in [0, 0.1) is 0 Å². The summed E-state index contributed by atoms with van der Waals surface area (Å²) in [6, 6.07) is 0. The molecule has 0 saturated heterocycles. The van der Waals surface area contributed by atoms with Gasteiger partial charge in [0.25, 0.3) is 0 Å². The predicted octanol–water partition coefficient (Wildman–Crippen LogP) is 3.06. The number of rotatable bonds is 15. The third-order valence-electron chi connectivity index (χ3n) is 2.91. The van der Waals surface area contributed by atoms with Gasteiger partial charge in [0.1, 0.15) is 0 Å². The van der Waals surface area contributed by atoms with Crippen molar-refractivity contribution in [2.45, 2.75) is 59.2 Å². The molecule has 0 aromatic carbocycles. The maximum absolute atomic E-state index is 5.94. The van der Waals surface area contributed by atoms with Gasteiger partial charge in [-0.2, -0.15) is 0 Å². The monoisotopic (exact) mass is 320 g/mol. The molecule has 0 radical (unpaired) electrons. The molecule has 0 amide bonds. The van der Waals surface area contributed by atoms with Gasteiger partial charge in [0.2, 0.25) is 0 Å². The van der Waals surface area contributed by atoms with E-state index in [9.17, 15) is 0 Å².